The Morgan fingerprint density at radius 2 is 1.75 bits per heavy atom. The highest BCUT2D eigenvalue weighted by Crippen LogP contribution is 2.23. The molecule has 1 fully saturated rings. The normalized spacial score (nSPS) is 15.3. The van der Waals surface area contributed by atoms with Crippen LogP contribution in [0.4, 0.5) is 21.8 Å². The summed E-state index contributed by atoms with van der Waals surface area (Å²) >= 11 is 0. The first kappa shape index (κ1) is 21.6. The SMILES string of the molecule is C[C@H](Nc1cc(C(=O)N2CCN(C)CC2)cc(Nc2cnccn2)n1)c1ccc(F)cc1. The van der Waals surface area contributed by atoms with Crippen molar-refractivity contribution in [3.05, 3.63) is 71.9 Å². The number of anilines is 3. The Bertz CT molecular complexity index is 1050. The van der Waals surface area contributed by atoms with E-state index in [9.17, 15) is 9.18 Å². The number of likely N-dealkylation sites (N-methyl/N-ethyl adjacent to an activating group) is 1. The van der Waals surface area contributed by atoms with Gasteiger partial charge in [0.25, 0.3) is 5.91 Å². The monoisotopic (exact) mass is 435 g/mol. The van der Waals surface area contributed by atoms with Crippen LogP contribution in [0.15, 0.2) is 55.0 Å². The summed E-state index contributed by atoms with van der Waals surface area (Å²) in [6.45, 7) is 5.00. The number of piperazine rings is 1. The molecule has 0 aliphatic carbocycles. The maximum absolute atomic E-state index is 13.3. The van der Waals surface area contributed by atoms with E-state index in [1.54, 1.807) is 42.9 Å². The number of benzene rings is 1. The second-order valence-electron chi connectivity index (χ2n) is 7.86. The molecular weight excluding hydrogens is 409 g/mol. The van der Waals surface area contributed by atoms with Gasteiger partial charge in [-0.15, -0.1) is 0 Å². The molecule has 4 rings (SSSR count). The predicted octanol–water partition coefficient (Wildman–Crippen LogP) is 3.32. The third-order valence-electron chi connectivity index (χ3n) is 5.42. The average Bonchev–Trinajstić information content (AvgIpc) is 2.80. The number of rotatable bonds is 6. The zero-order chi connectivity index (χ0) is 22.5. The second-order valence-corrected chi connectivity index (χ2v) is 7.86. The van der Waals surface area contributed by atoms with Gasteiger partial charge in [0.2, 0.25) is 0 Å². The number of hydrogen-bond acceptors (Lipinski definition) is 7. The molecule has 0 unspecified atom stereocenters. The molecule has 32 heavy (non-hydrogen) atoms. The van der Waals surface area contributed by atoms with Crippen molar-refractivity contribution < 1.29 is 9.18 Å². The fourth-order valence-corrected chi connectivity index (χ4v) is 3.54. The smallest absolute Gasteiger partial charge is 0.254 e. The van der Waals surface area contributed by atoms with Gasteiger partial charge in [-0.2, -0.15) is 0 Å². The fraction of sp³-hybridized carbons (Fsp3) is 0.304. The van der Waals surface area contributed by atoms with E-state index in [-0.39, 0.29) is 17.8 Å². The van der Waals surface area contributed by atoms with Crippen LogP contribution in [-0.2, 0) is 0 Å². The molecule has 0 bridgehead atoms. The Morgan fingerprint density at radius 3 is 2.44 bits per heavy atom. The number of hydrogen-bond donors (Lipinski definition) is 2. The number of pyridine rings is 1. The number of nitrogens with zero attached hydrogens (tertiary/aromatic N) is 5. The Labute approximate surface area is 186 Å². The van der Waals surface area contributed by atoms with Crippen LogP contribution >= 0.6 is 0 Å². The largest absolute Gasteiger partial charge is 0.363 e. The van der Waals surface area contributed by atoms with Crippen molar-refractivity contribution in [1.29, 1.82) is 0 Å². The summed E-state index contributed by atoms with van der Waals surface area (Å²) in [4.78, 5) is 30.2. The summed E-state index contributed by atoms with van der Waals surface area (Å²) in [6.07, 6.45) is 4.76. The molecule has 1 atom stereocenters. The van der Waals surface area contributed by atoms with Crippen molar-refractivity contribution in [3.63, 3.8) is 0 Å². The summed E-state index contributed by atoms with van der Waals surface area (Å²) in [6, 6.07) is 9.65. The summed E-state index contributed by atoms with van der Waals surface area (Å²) in [5.74, 6) is 1.23. The van der Waals surface area contributed by atoms with E-state index < -0.39 is 0 Å². The lowest BCUT2D eigenvalue weighted by molar-refractivity contribution is 0.0664. The van der Waals surface area contributed by atoms with E-state index in [1.807, 2.05) is 11.8 Å². The summed E-state index contributed by atoms with van der Waals surface area (Å²) in [5.41, 5.74) is 1.44. The van der Waals surface area contributed by atoms with Crippen LogP contribution in [-0.4, -0.2) is 63.9 Å². The maximum atomic E-state index is 13.3. The van der Waals surface area contributed by atoms with Crippen LogP contribution in [0, 0.1) is 5.82 Å². The zero-order valence-electron chi connectivity index (χ0n) is 18.1. The van der Waals surface area contributed by atoms with Crippen LogP contribution in [0.25, 0.3) is 0 Å². The summed E-state index contributed by atoms with van der Waals surface area (Å²) < 4.78 is 13.3. The van der Waals surface area contributed by atoms with Gasteiger partial charge in [0.15, 0.2) is 0 Å². The first-order valence-corrected chi connectivity index (χ1v) is 10.5. The molecule has 1 aromatic carbocycles. The molecule has 2 aromatic heterocycles. The van der Waals surface area contributed by atoms with Crippen LogP contribution in [0.2, 0.25) is 0 Å². The molecule has 3 heterocycles. The number of carbonyl (C=O) groups excluding carboxylic acids is 1. The van der Waals surface area contributed by atoms with E-state index in [1.165, 1.54) is 12.1 Å². The fourth-order valence-electron chi connectivity index (χ4n) is 3.54. The molecule has 2 N–H and O–H groups in total. The first-order chi connectivity index (χ1) is 15.5. The van der Waals surface area contributed by atoms with Crippen LogP contribution in [0.5, 0.6) is 0 Å². The number of aromatic nitrogens is 3. The van der Waals surface area contributed by atoms with Gasteiger partial charge in [-0.05, 0) is 43.8 Å². The highest BCUT2D eigenvalue weighted by Gasteiger charge is 2.22. The number of carbonyl (C=O) groups is 1. The molecule has 0 saturated carbocycles. The Balaban J connectivity index is 1.60. The topological polar surface area (TPSA) is 86.3 Å². The predicted molar refractivity (Wildman–Crippen MR) is 121 cm³/mol. The molecule has 0 spiro atoms. The number of halogens is 1. The average molecular weight is 436 g/mol. The van der Waals surface area contributed by atoms with E-state index >= 15 is 0 Å². The van der Waals surface area contributed by atoms with Gasteiger partial charge in [-0.25, -0.2) is 14.4 Å². The first-order valence-electron chi connectivity index (χ1n) is 10.5. The van der Waals surface area contributed by atoms with E-state index in [0.717, 1.165) is 18.7 Å². The van der Waals surface area contributed by atoms with E-state index in [2.05, 4.69) is 37.5 Å². The molecule has 1 saturated heterocycles. The summed E-state index contributed by atoms with van der Waals surface area (Å²) in [7, 11) is 2.05. The minimum Gasteiger partial charge on any atom is -0.363 e. The van der Waals surface area contributed by atoms with Gasteiger partial charge in [0, 0.05) is 50.2 Å². The van der Waals surface area contributed by atoms with Gasteiger partial charge < -0.3 is 20.4 Å². The van der Waals surface area contributed by atoms with E-state index in [0.29, 0.717) is 36.1 Å². The molecule has 9 heteroatoms. The van der Waals surface area contributed by atoms with Gasteiger partial charge in [0.05, 0.1) is 6.20 Å². The Morgan fingerprint density at radius 1 is 1.03 bits per heavy atom. The number of amides is 1. The number of nitrogens with one attached hydrogen (secondary N) is 2. The standard InChI is InChI=1S/C23H26FN7O/c1-16(17-3-5-19(24)6-4-17)27-20-13-18(23(32)31-11-9-30(2)10-12-31)14-21(28-20)29-22-15-25-7-8-26-22/h3-8,13-16H,9-12H2,1-2H3,(H2,26,27,28,29)/t16-/m0/s1. The van der Waals surface area contributed by atoms with Crippen molar-refractivity contribution in [2.45, 2.75) is 13.0 Å². The Hall–Kier alpha value is -3.59. The minimum atomic E-state index is -0.283. The van der Waals surface area contributed by atoms with Crippen molar-refractivity contribution in [2.75, 3.05) is 43.9 Å². The van der Waals surface area contributed by atoms with Crippen LogP contribution in [0.1, 0.15) is 28.9 Å². The third kappa shape index (κ3) is 5.36. The lowest BCUT2D eigenvalue weighted by atomic mass is 10.1. The highest BCUT2D eigenvalue weighted by atomic mass is 19.1. The quantitative estimate of drug-likeness (QED) is 0.614. The third-order valence-corrected chi connectivity index (χ3v) is 5.42. The molecule has 3 aromatic rings. The molecule has 8 nitrogen and oxygen atoms in total. The van der Waals surface area contributed by atoms with Crippen molar-refractivity contribution in [3.8, 4) is 0 Å². The molecule has 166 valence electrons. The van der Waals surface area contributed by atoms with Gasteiger partial charge >= 0.3 is 0 Å². The second kappa shape index (κ2) is 9.69. The molecular formula is C23H26FN7O. The molecule has 1 amide bonds. The van der Waals surface area contributed by atoms with Crippen LogP contribution in [0.3, 0.4) is 0 Å². The zero-order valence-corrected chi connectivity index (χ0v) is 18.1. The molecule has 1 aliphatic heterocycles. The van der Waals surface area contributed by atoms with E-state index in [4.69, 9.17) is 0 Å². The van der Waals surface area contributed by atoms with Crippen molar-refractivity contribution in [2.24, 2.45) is 0 Å². The van der Waals surface area contributed by atoms with Gasteiger partial charge in [0.1, 0.15) is 23.3 Å². The maximum Gasteiger partial charge on any atom is 0.254 e. The highest BCUT2D eigenvalue weighted by molar-refractivity contribution is 5.96. The lowest BCUT2D eigenvalue weighted by Crippen LogP contribution is -2.47. The van der Waals surface area contributed by atoms with Gasteiger partial charge in [-0.3, -0.25) is 9.78 Å². The minimum absolute atomic E-state index is 0.0415. The molecule has 1 aliphatic rings. The molecule has 0 radical (unpaired) electrons. The van der Waals surface area contributed by atoms with Gasteiger partial charge in [-0.1, -0.05) is 12.1 Å². The van der Waals surface area contributed by atoms with Crippen molar-refractivity contribution >= 4 is 23.4 Å². The van der Waals surface area contributed by atoms with Crippen molar-refractivity contribution in [1.82, 2.24) is 24.8 Å². The van der Waals surface area contributed by atoms with Crippen LogP contribution < -0.4 is 10.6 Å². The lowest BCUT2D eigenvalue weighted by Gasteiger charge is -2.32. The summed E-state index contributed by atoms with van der Waals surface area (Å²) in [5, 5.41) is 6.44. The Kier molecular flexibility index (Phi) is 6.55.